The van der Waals surface area contributed by atoms with Crippen molar-refractivity contribution in [1.29, 1.82) is 5.41 Å². The van der Waals surface area contributed by atoms with Crippen LogP contribution in [0.3, 0.4) is 0 Å². The van der Waals surface area contributed by atoms with Crippen LogP contribution >= 0.6 is 11.6 Å². The fourth-order valence-electron chi connectivity index (χ4n) is 3.77. The van der Waals surface area contributed by atoms with Crippen molar-refractivity contribution in [3.05, 3.63) is 76.8 Å². The molecule has 6 nitrogen and oxygen atoms in total. The van der Waals surface area contributed by atoms with Crippen molar-refractivity contribution in [1.82, 2.24) is 10.6 Å². The summed E-state index contributed by atoms with van der Waals surface area (Å²) >= 11 is 6.44. The lowest BCUT2D eigenvalue weighted by Crippen LogP contribution is -2.43. The van der Waals surface area contributed by atoms with Crippen LogP contribution in [0.2, 0.25) is 5.02 Å². The monoisotopic (exact) mass is 517 g/mol. The summed E-state index contributed by atoms with van der Waals surface area (Å²) in [5.74, 6) is -0.737. The van der Waals surface area contributed by atoms with Gasteiger partial charge >= 0.3 is 0 Å². The van der Waals surface area contributed by atoms with Gasteiger partial charge in [-0.15, -0.1) is 0 Å². The Bertz CT molecular complexity index is 1070. The maximum absolute atomic E-state index is 14.6. The maximum atomic E-state index is 14.6. The molecular weight excluding hydrogens is 484 g/mol. The van der Waals surface area contributed by atoms with Crippen molar-refractivity contribution in [2.24, 2.45) is 0 Å². The lowest BCUT2D eigenvalue weighted by molar-refractivity contribution is 0.102. The molecular formula is C27H34ClF2N5O. The molecule has 0 saturated carbocycles. The van der Waals surface area contributed by atoms with E-state index >= 15 is 0 Å². The summed E-state index contributed by atoms with van der Waals surface area (Å²) in [6, 6.07) is 10.1. The van der Waals surface area contributed by atoms with Crippen molar-refractivity contribution in [3.63, 3.8) is 0 Å². The molecule has 0 spiro atoms. The molecule has 2 aliphatic heterocycles. The molecule has 1 amide bonds. The van der Waals surface area contributed by atoms with Gasteiger partial charge in [0.25, 0.3) is 5.91 Å². The van der Waals surface area contributed by atoms with Gasteiger partial charge in [-0.2, -0.15) is 0 Å². The minimum atomic E-state index is -0.377. The van der Waals surface area contributed by atoms with E-state index in [1.165, 1.54) is 6.07 Å². The summed E-state index contributed by atoms with van der Waals surface area (Å²) in [7, 11) is 0. The van der Waals surface area contributed by atoms with Gasteiger partial charge in [-0.1, -0.05) is 37.6 Å². The summed E-state index contributed by atoms with van der Waals surface area (Å²) < 4.78 is 25.2. The highest BCUT2D eigenvalue weighted by Gasteiger charge is 2.16. The third kappa shape index (κ3) is 8.55. The number of allylic oxidation sites excluding steroid dienone is 1. The van der Waals surface area contributed by atoms with E-state index in [4.69, 9.17) is 17.0 Å². The van der Waals surface area contributed by atoms with Crippen molar-refractivity contribution in [2.75, 3.05) is 49.5 Å². The molecule has 0 aromatic heterocycles. The summed E-state index contributed by atoms with van der Waals surface area (Å²) in [6.45, 7) is 9.20. The Morgan fingerprint density at radius 1 is 1.11 bits per heavy atom. The molecule has 0 bridgehead atoms. The number of piperazine rings is 1. The number of hydrogen-bond acceptors (Lipinski definition) is 5. The van der Waals surface area contributed by atoms with E-state index < -0.39 is 0 Å². The summed E-state index contributed by atoms with van der Waals surface area (Å²) in [4.78, 5) is 14.8. The van der Waals surface area contributed by atoms with Gasteiger partial charge in [0.15, 0.2) is 0 Å². The number of amides is 1. The average Bonchev–Trinajstić information content (AvgIpc) is 2.91. The average molecular weight is 518 g/mol. The van der Waals surface area contributed by atoms with Crippen LogP contribution in [0.5, 0.6) is 0 Å². The van der Waals surface area contributed by atoms with Crippen LogP contribution in [0, 0.1) is 11.2 Å². The highest BCUT2D eigenvalue weighted by molar-refractivity contribution is 6.33. The van der Waals surface area contributed by atoms with Crippen LogP contribution in [0.1, 0.15) is 36.2 Å². The number of rotatable bonds is 5. The van der Waals surface area contributed by atoms with Crippen molar-refractivity contribution in [3.8, 4) is 0 Å². The molecule has 0 aliphatic carbocycles. The third-order valence-electron chi connectivity index (χ3n) is 5.47. The molecule has 36 heavy (non-hydrogen) atoms. The predicted octanol–water partition coefficient (Wildman–Crippen LogP) is 5.66. The number of hydrogen-bond donors (Lipinski definition) is 4. The molecule has 4 rings (SSSR count). The Morgan fingerprint density at radius 2 is 1.86 bits per heavy atom. The zero-order valence-electron chi connectivity index (χ0n) is 20.7. The molecule has 0 atom stereocenters. The molecule has 2 aromatic rings. The molecule has 194 valence electrons. The zero-order valence-corrected chi connectivity index (χ0v) is 21.5. The highest BCUT2D eigenvalue weighted by atomic mass is 35.5. The van der Waals surface area contributed by atoms with Gasteiger partial charge in [0.1, 0.15) is 5.82 Å². The van der Waals surface area contributed by atoms with Crippen LogP contribution in [-0.4, -0.2) is 51.4 Å². The SMILES string of the molecule is CC.N=C/C=C\F.O=C(Nc1ccc(N2CCNCC2)c(Cl)c1)c1ccc(C2=CCNCC2)c(F)c1. The zero-order chi connectivity index (χ0) is 26.3. The molecule has 2 heterocycles. The van der Waals surface area contributed by atoms with Gasteiger partial charge in [-0.25, -0.2) is 8.78 Å². The van der Waals surface area contributed by atoms with E-state index in [-0.39, 0.29) is 17.3 Å². The van der Waals surface area contributed by atoms with Crippen molar-refractivity contribution < 1.29 is 13.6 Å². The van der Waals surface area contributed by atoms with Gasteiger partial charge < -0.3 is 26.3 Å². The van der Waals surface area contributed by atoms with E-state index in [2.05, 4.69) is 20.9 Å². The van der Waals surface area contributed by atoms with Gasteiger partial charge in [0, 0.05) is 55.8 Å². The smallest absolute Gasteiger partial charge is 0.255 e. The first-order valence-corrected chi connectivity index (χ1v) is 12.4. The predicted molar refractivity (Wildman–Crippen MR) is 147 cm³/mol. The van der Waals surface area contributed by atoms with Crippen LogP contribution in [0.4, 0.5) is 20.2 Å². The number of anilines is 2. The van der Waals surface area contributed by atoms with E-state index in [9.17, 15) is 13.6 Å². The van der Waals surface area contributed by atoms with Crippen LogP contribution in [0.15, 0.2) is 54.9 Å². The van der Waals surface area contributed by atoms with Crippen molar-refractivity contribution in [2.45, 2.75) is 20.3 Å². The summed E-state index contributed by atoms with van der Waals surface area (Å²) in [5.41, 5.74) is 3.36. The lowest BCUT2D eigenvalue weighted by Gasteiger charge is -2.30. The molecule has 9 heteroatoms. The molecule has 2 aliphatic rings. The number of carbonyl (C=O) groups excluding carboxylic acids is 1. The normalized spacial score (nSPS) is 15.1. The molecule has 4 N–H and O–H groups in total. The number of halogens is 3. The first kappa shape index (κ1) is 29.2. The van der Waals surface area contributed by atoms with E-state index in [0.717, 1.165) is 69.2 Å². The number of nitrogens with zero attached hydrogens (tertiary/aromatic N) is 1. The fraction of sp³-hybridized carbons (Fsp3) is 0.333. The Balaban J connectivity index is 0.000000583. The van der Waals surface area contributed by atoms with Gasteiger partial charge in [0.05, 0.1) is 17.0 Å². The van der Waals surface area contributed by atoms with E-state index in [0.29, 0.717) is 22.6 Å². The maximum Gasteiger partial charge on any atom is 0.255 e. The minimum Gasteiger partial charge on any atom is -0.368 e. The van der Waals surface area contributed by atoms with Gasteiger partial charge in [0.2, 0.25) is 0 Å². The quantitative estimate of drug-likeness (QED) is 0.386. The van der Waals surface area contributed by atoms with Crippen LogP contribution in [-0.2, 0) is 0 Å². The second-order valence-electron chi connectivity index (χ2n) is 7.72. The summed E-state index contributed by atoms with van der Waals surface area (Å²) in [5, 5.41) is 16.1. The van der Waals surface area contributed by atoms with Gasteiger partial charge in [-0.3, -0.25) is 4.79 Å². The molecule has 0 unspecified atom stereocenters. The number of carbonyl (C=O) groups is 1. The molecule has 2 aromatic carbocycles. The van der Waals surface area contributed by atoms with E-state index in [1.807, 2.05) is 32.1 Å². The highest BCUT2D eigenvalue weighted by Crippen LogP contribution is 2.30. The van der Waals surface area contributed by atoms with Crippen LogP contribution in [0.25, 0.3) is 5.57 Å². The van der Waals surface area contributed by atoms with Gasteiger partial charge in [-0.05, 0) is 54.9 Å². The first-order valence-electron chi connectivity index (χ1n) is 12.1. The second-order valence-corrected chi connectivity index (χ2v) is 8.13. The lowest BCUT2D eigenvalue weighted by atomic mass is 9.98. The minimum absolute atomic E-state index is 0.281. The Labute approximate surface area is 216 Å². The molecule has 1 fully saturated rings. The van der Waals surface area contributed by atoms with E-state index in [1.54, 1.807) is 18.2 Å². The Kier molecular flexibility index (Phi) is 12.8. The largest absolute Gasteiger partial charge is 0.368 e. The fourth-order valence-corrected chi connectivity index (χ4v) is 4.07. The summed E-state index contributed by atoms with van der Waals surface area (Å²) in [6.07, 6.45) is 4.96. The number of benzene rings is 2. The molecule has 1 saturated heterocycles. The Hall–Kier alpha value is -3.07. The van der Waals surface area contributed by atoms with Crippen molar-refractivity contribution >= 4 is 40.7 Å². The standard InChI is InChI=1S/C22H24ClFN4O.C3H4FN.C2H6/c23-19-14-17(2-4-21(19)28-11-9-26-10-12-28)27-22(29)16-1-3-18(20(24)13-16)15-5-7-25-8-6-15;4-2-1-3-5;1-2/h1-5,13-14,25-26H,6-12H2,(H,27,29);1-3,5H;1-2H3/b;2-1-,5-3?;. The number of nitrogens with one attached hydrogen (secondary N) is 4. The first-order chi connectivity index (χ1) is 17.5. The molecule has 0 radical (unpaired) electrons. The Morgan fingerprint density at radius 3 is 2.42 bits per heavy atom. The second kappa shape index (κ2) is 15.8. The topological polar surface area (TPSA) is 80.2 Å². The third-order valence-corrected chi connectivity index (χ3v) is 5.78. The van der Waals surface area contributed by atoms with Crippen LogP contribution < -0.4 is 20.9 Å².